The van der Waals surface area contributed by atoms with Crippen molar-refractivity contribution in [1.29, 1.82) is 0 Å². The first-order valence-electron chi connectivity index (χ1n) is 7.98. The molecule has 0 radical (unpaired) electrons. The SMILES string of the molecule is O=C(COC(=O)CCc1c[nH]c2ccccc12)Nc1ccc(Cl)cc1F. The molecule has 3 rings (SSSR count). The maximum Gasteiger partial charge on any atom is 0.306 e. The zero-order valence-electron chi connectivity index (χ0n) is 13.7. The molecule has 0 aliphatic rings. The molecule has 7 heteroatoms. The number of hydrogen-bond acceptors (Lipinski definition) is 3. The third-order valence-electron chi connectivity index (χ3n) is 3.84. The van der Waals surface area contributed by atoms with Gasteiger partial charge in [0.1, 0.15) is 5.82 Å². The van der Waals surface area contributed by atoms with E-state index < -0.39 is 24.3 Å². The van der Waals surface area contributed by atoms with Crippen molar-refractivity contribution in [1.82, 2.24) is 4.98 Å². The highest BCUT2D eigenvalue weighted by molar-refractivity contribution is 6.30. The molecule has 26 heavy (non-hydrogen) atoms. The lowest BCUT2D eigenvalue weighted by molar-refractivity contribution is -0.147. The van der Waals surface area contributed by atoms with E-state index in [-0.39, 0.29) is 17.1 Å². The van der Waals surface area contributed by atoms with Crippen molar-refractivity contribution in [2.45, 2.75) is 12.8 Å². The molecule has 0 bridgehead atoms. The van der Waals surface area contributed by atoms with Crippen molar-refractivity contribution in [2.24, 2.45) is 0 Å². The summed E-state index contributed by atoms with van der Waals surface area (Å²) in [5.41, 5.74) is 1.99. The molecule has 0 saturated heterocycles. The van der Waals surface area contributed by atoms with Crippen LogP contribution in [0.5, 0.6) is 0 Å². The van der Waals surface area contributed by atoms with Gasteiger partial charge in [-0.1, -0.05) is 29.8 Å². The summed E-state index contributed by atoms with van der Waals surface area (Å²) in [5, 5.41) is 3.61. The van der Waals surface area contributed by atoms with Crippen LogP contribution >= 0.6 is 11.6 Å². The molecular weight excluding hydrogens is 359 g/mol. The number of amides is 1. The number of anilines is 1. The van der Waals surface area contributed by atoms with Crippen molar-refractivity contribution in [2.75, 3.05) is 11.9 Å². The Morgan fingerprint density at radius 3 is 2.81 bits per heavy atom. The average molecular weight is 375 g/mol. The summed E-state index contributed by atoms with van der Waals surface area (Å²) in [5.74, 6) is -1.77. The average Bonchev–Trinajstić information content (AvgIpc) is 3.04. The third-order valence-corrected chi connectivity index (χ3v) is 4.08. The first kappa shape index (κ1) is 17.9. The van der Waals surface area contributed by atoms with Gasteiger partial charge < -0.3 is 15.0 Å². The van der Waals surface area contributed by atoms with Gasteiger partial charge >= 0.3 is 5.97 Å². The molecule has 1 heterocycles. The fourth-order valence-electron chi connectivity index (χ4n) is 2.57. The second-order valence-electron chi connectivity index (χ2n) is 5.69. The van der Waals surface area contributed by atoms with Crippen LogP contribution in [0.4, 0.5) is 10.1 Å². The fourth-order valence-corrected chi connectivity index (χ4v) is 2.73. The number of aromatic nitrogens is 1. The number of para-hydroxylation sites is 1. The Morgan fingerprint density at radius 1 is 1.19 bits per heavy atom. The molecule has 134 valence electrons. The van der Waals surface area contributed by atoms with Gasteiger partial charge in [-0.05, 0) is 36.2 Å². The number of ether oxygens (including phenoxy) is 1. The van der Waals surface area contributed by atoms with E-state index in [0.717, 1.165) is 22.5 Å². The van der Waals surface area contributed by atoms with E-state index in [2.05, 4.69) is 10.3 Å². The van der Waals surface area contributed by atoms with Gasteiger partial charge in [-0.3, -0.25) is 9.59 Å². The highest BCUT2D eigenvalue weighted by atomic mass is 35.5. The minimum atomic E-state index is -0.656. The quantitative estimate of drug-likeness (QED) is 0.639. The summed E-state index contributed by atoms with van der Waals surface area (Å²) < 4.78 is 18.5. The molecule has 2 aromatic carbocycles. The molecule has 1 aromatic heterocycles. The molecule has 1 amide bonds. The van der Waals surface area contributed by atoms with Crippen LogP contribution < -0.4 is 5.32 Å². The van der Waals surface area contributed by atoms with Crippen LogP contribution in [0, 0.1) is 5.82 Å². The number of H-pyrrole nitrogens is 1. The lowest BCUT2D eigenvalue weighted by Crippen LogP contribution is -2.21. The van der Waals surface area contributed by atoms with E-state index >= 15 is 0 Å². The van der Waals surface area contributed by atoms with Crippen LogP contribution in [-0.4, -0.2) is 23.5 Å². The summed E-state index contributed by atoms with van der Waals surface area (Å²) in [6.45, 7) is -0.477. The van der Waals surface area contributed by atoms with Crippen LogP contribution in [0.1, 0.15) is 12.0 Å². The first-order chi connectivity index (χ1) is 12.5. The normalized spacial score (nSPS) is 10.7. The molecule has 5 nitrogen and oxygen atoms in total. The predicted molar refractivity (Wildman–Crippen MR) is 97.6 cm³/mol. The van der Waals surface area contributed by atoms with Gasteiger partial charge in [-0.2, -0.15) is 0 Å². The molecule has 0 unspecified atom stereocenters. The number of carbonyl (C=O) groups is 2. The lowest BCUT2D eigenvalue weighted by Gasteiger charge is -2.07. The van der Waals surface area contributed by atoms with Crippen LogP contribution in [0.25, 0.3) is 10.9 Å². The molecule has 0 fully saturated rings. The highest BCUT2D eigenvalue weighted by Gasteiger charge is 2.12. The third kappa shape index (κ3) is 4.40. The monoisotopic (exact) mass is 374 g/mol. The van der Waals surface area contributed by atoms with Gasteiger partial charge in [-0.25, -0.2) is 4.39 Å². The van der Waals surface area contributed by atoms with Crippen molar-refractivity contribution in [3.05, 3.63) is 65.1 Å². The Kier molecular flexibility index (Phi) is 5.53. The van der Waals surface area contributed by atoms with Gasteiger partial charge in [0, 0.05) is 28.5 Å². The number of nitrogens with one attached hydrogen (secondary N) is 2. The van der Waals surface area contributed by atoms with Gasteiger partial charge in [0.15, 0.2) is 6.61 Å². The predicted octanol–water partition coefficient (Wildman–Crippen LogP) is 4.07. The number of fused-ring (bicyclic) bond motifs is 1. The zero-order valence-corrected chi connectivity index (χ0v) is 14.5. The van der Waals surface area contributed by atoms with E-state index in [1.54, 1.807) is 0 Å². The number of aromatic amines is 1. The molecular formula is C19H16ClFN2O3. The molecule has 0 aliphatic carbocycles. The smallest absolute Gasteiger partial charge is 0.306 e. The number of carbonyl (C=O) groups excluding carboxylic acids is 2. The van der Waals surface area contributed by atoms with Crippen LogP contribution in [-0.2, 0) is 20.7 Å². The number of aryl methyl sites for hydroxylation is 1. The van der Waals surface area contributed by atoms with Crippen LogP contribution in [0.2, 0.25) is 5.02 Å². The number of esters is 1. The summed E-state index contributed by atoms with van der Waals surface area (Å²) in [4.78, 5) is 26.7. The molecule has 0 aliphatic heterocycles. The number of benzene rings is 2. The van der Waals surface area contributed by atoms with Crippen LogP contribution in [0.3, 0.4) is 0 Å². The molecule has 3 aromatic rings. The van der Waals surface area contributed by atoms with Gasteiger partial charge in [0.25, 0.3) is 5.91 Å². The second kappa shape index (κ2) is 8.01. The molecule has 0 saturated carbocycles. The largest absolute Gasteiger partial charge is 0.456 e. The Balaban J connectivity index is 1.47. The van der Waals surface area contributed by atoms with E-state index in [9.17, 15) is 14.0 Å². The zero-order chi connectivity index (χ0) is 18.5. The van der Waals surface area contributed by atoms with E-state index in [4.69, 9.17) is 16.3 Å². The van der Waals surface area contributed by atoms with E-state index in [1.165, 1.54) is 12.1 Å². The molecule has 0 atom stereocenters. The second-order valence-corrected chi connectivity index (χ2v) is 6.13. The standard InChI is InChI=1S/C19H16ClFN2O3/c20-13-6-7-17(15(21)9-13)23-18(24)11-26-19(25)8-5-12-10-22-16-4-2-1-3-14(12)16/h1-4,6-7,9-10,22H,5,8,11H2,(H,23,24). The number of rotatable bonds is 6. The molecule has 0 spiro atoms. The van der Waals surface area contributed by atoms with E-state index in [0.29, 0.717) is 6.42 Å². The van der Waals surface area contributed by atoms with Gasteiger partial charge in [0.2, 0.25) is 0 Å². The van der Waals surface area contributed by atoms with Crippen LogP contribution in [0.15, 0.2) is 48.7 Å². The Bertz CT molecular complexity index is 955. The minimum Gasteiger partial charge on any atom is -0.456 e. The van der Waals surface area contributed by atoms with Crippen molar-refractivity contribution < 1.29 is 18.7 Å². The lowest BCUT2D eigenvalue weighted by atomic mass is 10.1. The maximum atomic E-state index is 13.6. The van der Waals surface area contributed by atoms with Gasteiger partial charge in [0.05, 0.1) is 5.69 Å². The summed E-state index contributed by atoms with van der Waals surface area (Å²) in [6.07, 6.45) is 2.49. The van der Waals surface area contributed by atoms with E-state index in [1.807, 2.05) is 30.5 Å². The Hall–Kier alpha value is -2.86. The van der Waals surface area contributed by atoms with Crippen molar-refractivity contribution >= 4 is 40.1 Å². The summed E-state index contributed by atoms with van der Waals surface area (Å²) in [7, 11) is 0. The molecule has 2 N–H and O–H groups in total. The number of halogens is 2. The maximum absolute atomic E-state index is 13.6. The Morgan fingerprint density at radius 2 is 2.00 bits per heavy atom. The fraction of sp³-hybridized carbons (Fsp3) is 0.158. The Labute approximate surface area is 154 Å². The highest BCUT2D eigenvalue weighted by Crippen LogP contribution is 2.20. The minimum absolute atomic E-state index is 0.0192. The van der Waals surface area contributed by atoms with Crippen molar-refractivity contribution in [3.63, 3.8) is 0 Å². The topological polar surface area (TPSA) is 71.2 Å². The first-order valence-corrected chi connectivity index (χ1v) is 8.36. The number of hydrogen-bond donors (Lipinski definition) is 2. The summed E-state index contributed by atoms with van der Waals surface area (Å²) >= 11 is 5.65. The summed E-state index contributed by atoms with van der Waals surface area (Å²) in [6, 6.07) is 11.7. The van der Waals surface area contributed by atoms with Gasteiger partial charge in [-0.15, -0.1) is 0 Å². The van der Waals surface area contributed by atoms with Crippen molar-refractivity contribution in [3.8, 4) is 0 Å².